The number of methoxy groups -OCH3 is 1. The van der Waals surface area contributed by atoms with Crippen LogP contribution in [0.25, 0.3) is 6.08 Å². The molecule has 0 fully saturated rings. The van der Waals surface area contributed by atoms with Crippen molar-refractivity contribution in [1.29, 1.82) is 5.26 Å². The van der Waals surface area contributed by atoms with Crippen molar-refractivity contribution < 1.29 is 23.5 Å². The van der Waals surface area contributed by atoms with E-state index in [9.17, 15) is 19.2 Å². The van der Waals surface area contributed by atoms with Crippen LogP contribution in [0, 0.1) is 31.0 Å². The van der Waals surface area contributed by atoms with Gasteiger partial charge in [0.25, 0.3) is 0 Å². The van der Waals surface area contributed by atoms with Crippen LogP contribution in [0.3, 0.4) is 0 Å². The van der Waals surface area contributed by atoms with Crippen molar-refractivity contribution in [3.05, 3.63) is 64.2 Å². The van der Waals surface area contributed by atoms with Crippen LogP contribution in [0.5, 0.6) is 0 Å². The third kappa shape index (κ3) is 5.15. The average Bonchev–Trinajstić information content (AvgIpc) is 2.95. The lowest BCUT2D eigenvalue weighted by Crippen LogP contribution is -2.15. The van der Waals surface area contributed by atoms with E-state index in [1.165, 1.54) is 18.2 Å². The lowest BCUT2D eigenvalue weighted by molar-refractivity contribution is -0.137. The summed E-state index contributed by atoms with van der Waals surface area (Å²) in [5, 5.41) is 9.31. The highest BCUT2D eigenvalue weighted by Crippen LogP contribution is 2.18. The third-order valence-electron chi connectivity index (χ3n) is 4.27. The summed E-state index contributed by atoms with van der Waals surface area (Å²) in [5.74, 6) is -1.84. The molecule has 0 saturated heterocycles. The number of ether oxygens (including phenoxy) is 2. The van der Waals surface area contributed by atoms with Gasteiger partial charge >= 0.3 is 5.97 Å². The van der Waals surface area contributed by atoms with Crippen LogP contribution in [-0.2, 0) is 20.8 Å². The number of aromatic nitrogens is 1. The minimum Gasteiger partial charge on any atom is -0.453 e. The second-order valence-corrected chi connectivity index (χ2v) is 6.15. The molecule has 1 aromatic heterocycles. The van der Waals surface area contributed by atoms with Crippen LogP contribution >= 0.6 is 0 Å². The average molecular weight is 384 g/mol. The number of ketones is 1. The number of rotatable bonds is 8. The Hall–Kier alpha value is -3.24. The zero-order valence-corrected chi connectivity index (χ0v) is 16.0. The Bertz CT molecular complexity index is 937. The fourth-order valence-electron chi connectivity index (χ4n) is 2.72. The highest BCUT2D eigenvalue weighted by molar-refractivity contribution is 6.01. The van der Waals surface area contributed by atoms with Crippen molar-refractivity contribution in [3.63, 3.8) is 0 Å². The minimum atomic E-state index is -0.889. The van der Waals surface area contributed by atoms with Gasteiger partial charge in [-0.2, -0.15) is 5.26 Å². The fraction of sp³-hybridized carbons (Fsp3) is 0.286. The molecule has 0 aliphatic carbocycles. The van der Waals surface area contributed by atoms with E-state index in [2.05, 4.69) is 0 Å². The van der Waals surface area contributed by atoms with Gasteiger partial charge in [-0.3, -0.25) is 4.79 Å². The number of Topliss-reactive ketones (excluding diaryl/α,β-unsaturated/α-hetero) is 1. The zero-order valence-electron chi connectivity index (χ0n) is 16.0. The van der Waals surface area contributed by atoms with E-state index in [-0.39, 0.29) is 11.1 Å². The van der Waals surface area contributed by atoms with E-state index < -0.39 is 24.2 Å². The largest absolute Gasteiger partial charge is 0.453 e. The molecular weight excluding hydrogens is 363 g/mol. The first-order chi connectivity index (χ1) is 13.4. The van der Waals surface area contributed by atoms with Crippen LogP contribution in [0.2, 0.25) is 0 Å². The molecule has 1 heterocycles. The summed E-state index contributed by atoms with van der Waals surface area (Å²) >= 11 is 0. The topological polar surface area (TPSA) is 81.3 Å². The van der Waals surface area contributed by atoms with E-state index in [1.54, 1.807) is 7.11 Å². The Labute approximate surface area is 162 Å². The van der Waals surface area contributed by atoms with Gasteiger partial charge < -0.3 is 14.0 Å². The number of esters is 1. The summed E-state index contributed by atoms with van der Waals surface area (Å²) < 4.78 is 25.0. The van der Waals surface area contributed by atoms with E-state index in [4.69, 9.17) is 9.47 Å². The molecular formula is C21H21FN2O4. The van der Waals surface area contributed by atoms with E-state index in [0.29, 0.717) is 18.7 Å². The number of nitrogens with zero attached hydrogens (tertiary/aromatic N) is 2. The molecule has 7 heteroatoms. The van der Waals surface area contributed by atoms with Crippen molar-refractivity contribution in [2.45, 2.75) is 20.4 Å². The summed E-state index contributed by atoms with van der Waals surface area (Å²) in [4.78, 5) is 24.2. The molecule has 2 rings (SSSR count). The number of carbonyl (C=O) groups is 2. The fourth-order valence-corrected chi connectivity index (χ4v) is 2.72. The minimum absolute atomic E-state index is 0.209. The highest BCUT2D eigenvalue weighted by Gasteiger charge is 2.16. The van der Waals surface area contributed by atoms with Crippen molar-refractivity contribution in [1.82, 2.24) is 4.57 Å². The van der Waals surface area contributed by atoms with Crippen LogP contribution in [0.1, 0.15) is 27.3 Å². The number of hydrogen-bond acceptors (Lipinski definition) is 5. The summed E-state index contributed by atoms with van der Waals surface area (Å²) in [6, 6.07) is 8.58. The van der Waals surface area contributed by atoms with Crippen molar-refractivity contribution in [2.75, 3.05) is 20.3 Å². The number of nitriles is 1. The molecule has 0 bridgehead atoms. The number of halogens is 1. The second-order valence-electron chi connectivity index (χ2n) is 6.15. The maximum atomic E-state index is 12.9. The van der Waals surface area contributed by atoms with Gasteiger partial charge in [-0.05, 0) is 55.8 Å². The first-order valence-corrected chi connectivity index (χ1v) is 8.60. The molecule has 2 aromatic rings. The zero-order chi connectivity index (χ0) is 20.7. The Kier molecular flexibility index (Phi) is 7.24. The molecule has 0 spiro atoms. The third-order valence-corrected chi connectivity index (χ3v) is 4.27. The normalized spacial score (nSPS) is 11.2. The summed E-state index contributed by atoms with van der Waals surface area (Å²) in [6.07, 6.45) is 1.44. The van der Waals surface area contributed by atoms with Gasteiger partial charge in [-0.15, -0.1) is 0 Å². The van der Waals surface area contributed by atoms with Crippen molar-refractivity contribution in [2.24, 2.45) is 0 Å². The van der Waals surface area contributed by atoms with Crippen LogP contribution in [0.4, 0.5) is 4.39 Å². The smallest absolute Gasteiger partial charge is 0.349 e. The molecule has 0 atom stereocenters. The van der Waals surface area contributed by atoms with E-state index in [1.807, 2.05) is 30.6 Å². The molecule has 0 unspecified atom stereocenters. The lowest BCUT2D eigenvalue weighted by atomic mass is 10.1. The molecule has 0 aliphatic rings. The predicted octanol–water partition coefficient (Wildman–Crippen LogP) is 3.22. The molecule has 0 aliphatic heterocycles. The first-order valence-electron chi connectivity index (χ1n) is 8.60. The van der Waals surface area contributed by atoms with Gasteiger partial charge in [0, 0.05) is 30.6 Å². The van der Waals surface area contributed by atoms with E-state index in [0.717, 1.165) is 23.5 Å². The van der Waals surface area contributed by atoms with Crippen LogP contribution in [-0.4, -0.2) is 36.6 Å². The van der Waals surface area contributed by atoms with Gasteiger partial charge in [0.15, 0.2) is 12.4 Å². The maximum Gasteiger partial charge on any atom is 0.349 e. The standard InChI is InChI=1S/C21H21FN2O4/c1-14-10-17(15(2)24(14)8-9-27-3)11-18(12-23)21(26)28-13-20(25)16-4-6-19(22)7-5-16/h4-7,10-11H,8-9,13H2,1-3H3/b18-11+. The molecule has 146 valence electrons. The maximum absolute atomic E-state index is 12.9. The monoisotopic (exact) mass is 384 g/mol. The molecule has 1 aromatic carbocycles. The Balaban J connectivity index is 2.10. The Morgan fingerprint density at radius 3 is 2.54 bits per heavy atom. The molecule has 0 saturated carbocycles. The number of aryl methyl sites for hydroxylation is 1. The highest BCUT2D eigenvalue weighted by atomic mass is 19.1. The van der Waals surface area contributed by atoms with Crippen molar-refractivity contribution >= 4 is 17.8 Å². The molecule has 0 amide bonds. The summed E-state index contributed by atoms with van der Waals surface area (Å²) in [6.45, 7) is 4.47. The molecule has 0 N–H and O–H groups in total. The Morgan fingerprint density at radius 1 is 1.25 bits per heavy atom. The molecule has 28 heavy (non-hydrogen) atoms. The first kappa shape index (κ1) is 21.1. The molecule has 6 nitrogen and oxygen atoms in total. The second kappa shape index (κ2) is 9.62. The van der Waals surface area contributed by atoms with Gasteiger partial charge in [-0.1, -0.05) is 0 Å². The molecule has 0 radical (unpaired) electrons. The van der Waals surface area contributed by atoms with Gasteiger partial charge in [0.2, 0.25) is 0 Å². The van der Waals surface area contributed by atoms with Gasteiger partial charge in [-0.25, -0.2) is 9.18 Å². The number of hydrogen-bond donors (Lipinski definition) is 0. The van der Waals surface area contributed by atoms with Gasteiger partial charge in [0.1, 0.15) is 17.5 Å². The van der Waals surface area contributed by atoms with Crippen molar-refractivity contribution in [3.8, 4) is 6.07 Å². The number of benzene rings is 1. The summed E-state index contributed by atoms with van der Waals surface area (Å²) in [5.41, 5.74) is 2.58. The van der Waals surface area contributed by atoms with Gasteiger partial charge in [0.05, 0.1) is 6.61 Å². The van der Waals surface area contributed by atoms with E-state index >= 15 is 0 Å². The number of carbonyl (C=O) groups excluding carboxylic acids is 2. The van der Waals surface area contributed by atoms with Crippen LogP contribution in [0.15, 0.2) is 35.9 Å². The quantitative estimate of drug-likeness (QED) is 0.302. The summed E-state index contributed by atoms with van der Waals surface area (Å²) in [7, 11) is 1.62. The van der Waals surface area contributed by atoms with Crippen LogP contribution < -0.4 is 0 Å². The SMILES string of the molecule is COCCn1c(C)cc(/C=C(\C#N)C(=O)OCC(=O)c2ccc(F)cc2)c1C. The Morgan fingerprint density at radius 2 is 1.93 bits per heavy atom. The predicted molar refractivity (Wildman–Crippen MR) is 101 cm³/mol. The lowest BCUT2D eigenvalue weighted by Gasteiger charge is -2.08.